The van der Waals surface area contributed by atoms with E-state index >= 15 is 0 Å². The third-order valence-corrected chi connectivity index (χ3v) is 3.44. The molecule has 0 saturated heterocycles. The molecule has 0 N–H and O–H groups in total. The summed E-state index contributed by atoms with van der Waals surface area (Å²) in [6, 6.07) is 13.5. The molecule has 2 aromatic rings. The smallest absolute Gasteiger partial charge is 0.352 e. The van der Waals surface area contributed by atoms with Gasteiger partial charge < -0.3 is 9.47 Å². The van der Waals surface area contributed by atoms with Gasteiger partial charge in [-0.15, -0.1) is 0 Å². The van der Waals surface area contributed by atoms with Crippen molar-refractivity contribution in [3.05, 3.63) is 69.7 Å². The van der Waals surface area contributed by atoms with Gasteiger partial charge in [0.25, 0.3) is 6.47 Å². The Kier molecular flexibility index (Phi) is 5.81. The van der Waals surface area contributed by atoms with Crippen LogP contribution in [0.5, 0.6) is 0 Å². The second kappa shape index (κ2) is 7.82. The van der Waals surface area contributed by atoms with Crippen LogP contribution in [-0.4, -0.2) is 12.4 Å². The zero-order valence-electron chi connectivity index (χ0n) is 11.4. The number of hydrogen-bond donors (Lipinski definition) is 0. The van der Waals surface area contributed by atoms with Crippen LogP contribution in [0.3, 0.4) is 0 Å². The maximum atomic E-state index is 12.1. The molecule has 0 amide bonds. The molecule has 0 radical (unpaired) electrons. The molecule has 0 aliphatic carbocycles. The zero-order chi connectivity index (χ0) is 15.9. The van der Waals surface area contributed by atoms with Crippen LogP contribution >= 0.6 is 23.2 Å². The van der Waals surface area contributed by atoms with Crippen molar-refractivity contribution in [2.75, 3.05) is 0 Å². The molecular formula is C16H12Cl2O4. The molecule has 114 valence electrons. The first-order chi connectivity index (χ1) is 10.6. The summed E-state index contributed by atoms with van der Waals surface area (Å²) in [6.45, 7) is 0.206. The van der Waals surface area contributed by atoms with Crippen LogP contribution in [0.4, 0.5) is 0 Å². The molecule has 6 heteroatoms. The van der Waals surface area contributed by atoms with Gasteiger partial charge in [-0.3, -0.25) is 4.79 Å². The van der Waals surface area contributed by atoms with Crippen molar-refractivity contribution in [1.82, 2.24) is 0 Å². The number of ether oxygens (including phenoxy) is 2. The van der Waals surface area contributed by atoms with Crippen LogP contribution in [0.15, 0.2) is 48.5 Å². The summed E-state index contributed by atoms with van der Waals surface area (Å²) in [5.41, 5.74) is 1.09. The van der Waals surface area contributed by atoms with E-state index in [1.807, 2.05) is 0 Å². The maximum absolute atomic E-state index is 12.1. The average molecular weight is 339 g/mol. The number of esters is 1. The lowest BCUT2D eigenvalue weighted by Crippen LogP contribution is -2.19. The van der Waals surface area contributed by atoms with Crippen molar-refractivity contribution in [1.29, 1.82) is 0 Å². The Morgan fingerprint density at radius 3 is 2.59 bits per heavy atom. The molecule has 1 atom stereocenters. The van der Waals surface area contributed by atoms with Crippen molar-refractivity contribution in [2.45, 2.75) is 12.7 Å². The van der Waals surface area contributed by atoms with Crippen molar-refractivity contribution in [3.8, 4) is 0 Å². The number of halogens is 2. The lowest BCUT2D eigenvalue weighted by molar-refractivity contribution is -0.163. The van der Waals surface area contributed by atoms with Gasteiger partial charge in [0.1, 0.15) is 6.61 Å². The van der Waals surface area contributed by atoms with E-state index in [9.17, 15) is 9.59 Å². The molecule has 0 spiro atoms. The van der Waals surface area contributed by atoms with E-state index in [-0.39, 0.29) is 13.1 Å². The standard InChI is InChI=1S/C16H12Cl2O4/c17-12-5-3-4-11(8-12)9-21-16(20)15(22-10-19)13-6-1-2-7-14(13)18/h1-8,10,15H,9H2. The summed E-state index contributed by atoms with van der Waals surface area (Å²) in [5, 5.41) is 0.856. The van der Waals surface area contributed by atoms with E-state index < -0.39 is 12.1 Å². The van der Waals surface area contributed by atoms with Crippen LogP contribution in [-0.2, 0) is 25.7 Å². The van der Waals surface area contributed by atoms with Crippen LogP contribution in [0.25, 0.3) is 0 Å². The van der Waals surface area contributed by atoms with E-state index in [2.05, 4.69) is 0 Å². The predicted molar refractivity (Wildman–Crippen MR) is 82.6 cm³/mol. The summed E-state index contributed by atoms with van der Waals surface area (Å²) < 4.78 is 9.98. The summed E-state index contributed by atoms with van der Waals surface area (Å²) in [6.07, 6.45) is -1.20. The van der Waals surface area contributed by atoms with Crippen LogP contribution in [0.1, 0.15) is 17.2 Å². The molecule has 0 aromatic heterocycles. The van der Waals surface area contributed by atoms with Gasteiger partial charge in [-0.2, -0.15) is 0 Å². The maximum Gasteiger partial charge on any atom is 0.352 e. The van der Waals surface area contributed by atoms with Gasteiger partial charge in [0.15, 0.2) is 0 Å². The molecule has 0 fully saturated rings. The van der Waals surface area contributed by atoms with Crippen molar-refractivity contribution in [3.63, 3.8) is 0 Å². The van der Waals surface area contributed by atoms with Gasteiger partial charge in [-0.25, -0.2) is 4.79 Å². The van der Waals surface area contributed by atoms with Gasteiger partial charge in [0.2, 0.25) is 6.10 Å². The number of rotatable bonds is 6. The largest absolute Gasteiger partial charge is 0.458 e. The van der Waals surface area contributed by atoms with Crippen molar-refractivity contribution < 1.29 is 19.1 Å². The quantitative estimate of drug-likeness (QED) is 0.591. The monoisotopic (exact) mass is 338 g/mol. The zero-order valence-corrected chi connectivity index (χ0v) is 12.9. The highest BCUT2D eigenvalue weighted by Crippen LogP contribution is 2.26. The Morgan fingerprint density at radius 2 is 1.91 bits per heavy atom. The van der Waals surface area contributed by atoms with Crippen molar-refractivity contribution in [2.24, 2.45) is 0 Å². The molecule has 1 unspecified atom stereocenters. The third kappa shape index (κ3) is 4.23. The molecule has 0 saturated carbocycles. The normalized spacial score (nSPS) is 11.5. The molecule has 22 heavy (non-hydrogen) atoms. The van der Waals surface area contributed by atoms with E-state index in [0.29, 0.717) is 15.6 Å². The van der Waals surface area contributed by atoms with Gasteiger partial charge in [0, 0.05) is 15.6 Å². The highest BCUT2D eigenvalue weighted by atomic mass is 35.5. The molecule has 4 nitrogen and oxygen atoms in total. The average Bonchev–Trinajstić information content (AvgIpc) is 2.51. The first-order valence-electron chi connectivity index (χ1n) is 6.36. The molecule has 0 bridgehead atoms. The first kappa shape index (κ1) is 16.3. The fourth-order valence-corrected chi connectivity index (χ4v) is 2.30. The minimum Gasteiger partial charge on any atom is -0.458 e. The number of hydrogen-bond acceptors (Lipinski definition) is 4. The Balaban J connectivity index is 2.10. The number of carbonyl (C=O) groups excluding carboxylic acids is 2. The summed E-state index contributed by atoms with van der Waals surface area (Å²) in [7, 11) is 0. The molecule has 0 aliphatic rings. The predicted octanol–water partition coefficient (Wildman–Crippen LogP) is 3.95. The Hall–Kier alpha value is -2.04. The van der Waals surface area contributed by atoms with Crippen molar-refractivity contribution >= 4 is 35.6 Å². The molecule has 2 rings (SSSR count). The van der Waals surface area contributed by atoms with Gasteiger partial charge in [-0.05, 0) is 23.8 Å². The highest BCUT2D eigenvalue weighted by molar-refractivity contribution is 6.31. The fraction of sp³-hybridized carbons (Fsp3) is 0.125. The van der Waals surface area contributed by atoms with E-state index in [1.165, 1.54) is 0 Å². The topological polar surface area (TPSA) is 52.6 Å². The molecule has 2 aromatic carbocycles. The van der Waals surface area contributed by atoms with Gasteiger partial charge in [-0.1, -0.05) is 53.5 Å². The summed E-state index contributed by atoms with van der Waals surface area (Å²) in [5.74, 6) is -0.708. The molecule has 0 aliphatic heterocycles. The first-order valence-corrected chi connectivity index (χ1v) is 7.12. The van der Waals surface area contributed by atoms with Crippen LogP contribution < -0.4 is 0 Å². The lowest BCUT2D eigenvalue weighted by Gasteiger charge is -2.15. The fourth-order valence-electron chi connectivity index (χ4n) is 1.86. The minimum atomic E-state index is -1.20. The second-order valence-corrected chi connectivity index (χ2v) is 5.22. The summed E-state index contributed by atoms with van der Waals surface area (Å²) in [4.78, 5) is 22.8. The Bertz CT molecular complexity index is 673. The highest BCUT2D eigenvalue weighted by Gasteiger charge is 2.26. The van der Waals surface area contributed by atoms with Crippen LogP contribution in [0, 0.1) is 0 Å². The van der Waals surface area contributed by atoms with Gasteiger partial charge >= 0.3 is 5.97 Å². The SMILES string of the molecule is O=COC(C(=O)OCc1cccc(Cl)c1)c1ccccc1Cl. The van der Waals surface area contributed by atoms with Gasteiger partial charge in [0.05, 0.1) is 0 Å². The lowest BCUT2D eigenvalue weighted by atomic mass is 10.1. The van der Waals surface area contributed by atoms with E-state index in [0.717, 1.165) is 5.56 Å². The van der Waals surface area contributed by atoms with Crippen LogP contribution in [0.2, 0.25) is 10.0 Å². The molecule has 0 heterocycles. The minimum absolute atomic E-state index is 0.0164. The Morgan fingerprint density at radius 1 is 1.14 bits per heavy atom. The molecular weight excluding hydrogens is 327 g/mol. The Labute approximate surface area is 137 Å². The number of carbonyl (C=O) groups is 2. The van der Waals surface area contributed by atoms with E-state index in [4.69, 9.17) is 32.7 Å². The summed E-state index contributed by atoms with van der Waals surface area (Å²) >= 11 is 11.9. The third-order valence-electron chi connectivity index (χ3n) is 2.86. The number of benzene rings is 2. The second-order valence-electron chi connectivity index (χ2n) is 4.37. The van der Waals surface area contributed by atoms with E-state index in [1.54, 1.807) is 48.5 Å².